The summed E-state index contributed by atoms with van der Waals surface area (Å²) in [5.41, 5.74) is 0.695. The molecule has 2 aromatic rings. The lowest BCUT2D eigenvalue weighted by atomic mass is 10.0. The van der Waals surface area contributed by atoms with Gasteiger partial charge in [0.25, 0.3) is 11.8 Å². The molecule has 1 aromatic heterocycles. The van der Waals surface area contributed by atoms with Gasteiger partial charge in [-0.1, -0.05) is 6.07 Å². The van der Waals surface area contributed by atoms with Gasteiger partial charge in [0.2, 0.25) is 0 Å². The van der Waals surface area contributed by atoms with Gasteiger partial charge >= 0.3 is 0 Å². The number of hydrogen-bond donors (Lipinski definition) is 1. The number of fused-ring (bicyclic) bond motifs is 2. The van der Waals surface area contributed by atoms with Crippen molar-refractivity contribution in [2.45, 2.75) is 31.8 Å². The highest BCUT2D eigenvalue weighted by molar-refractivity contribution is 7.12. The molecular formula is C20H22N2O3S. The molecule has 0 radical (unpaired) electrons. The van der Waals surface area contributed by atoms with Gasteiger partial charge in [0.15, 0.2) is 0 Å². The van der Waals surface area contributed by atoms with E-state index < -0.39 is 0 Å². The van der Waals surface area contributed by atoms with Crippen molar-refractivity contribution in [2.75, 3.05) is 13.2 Å². The zero-order valence-corrected chi connectivity index (χ0v) is 15.5. The third-order valence-corrected chi connectivity index (χ3v) is 6.15. The molecule has 26 heavy (non-hydrogen) atoms. The quantitative estimate of drug-likeness (QED) is 0.879. The molecular weight excluding hydrogens is 348 g/mol. The van der Waals surface area contributed by atoms with Crippen molar-refractivity contribution in [1.29, 1.82) is 0 Å². The molecule has 0 spiro atoms. The van der Waals surface area contributed by atoms with E-state index in [1.165, 1.54) is 11.3 Å². The summed E-state index contributed by atoms with van der Waals surface area (Å²) < 4.78 is 5.43. The molecule has 1 saturated heterocycles. The van der Waals surface area contributed by atoms with Crippen LogP contribution in [0.5, 0.6) is 5.75 Å². The summed E-state index contributed by atoms with van der Waals surface area (Å²) in [7, 11) is 0. The molecule has 1 aliphatic heterocycles. The number of piperidine rings is 1. The Morgan fingerprint density at radius 2 is 2.04 bits per heavy atom. The number of carbonyl (C=O) groups excluding carboxylic acids is 2. The second-order valence-corrected chi connectivity index (χ2v) is 7.81. The molecule has 2 amide bonds. The predicted octanol–water partition coefficient (Wildman–Crippen LogP) is 3.18. The summed E-state index contributed by atoms with van der Waals surface area (Å²) in [5.74, 6) is 1.20. The molecule has 1 N–H and O–H groups in total. The van der Waals surface area contributed by atoms with Crippen LogP contribution in [-0.2, 0) is 0 Å². The molecule has 2 heterocycles. The maximum Gasteiger partial charge on any atom is 0.261 e. The minimum atomic E-state index is 0.00180. The monoisotopic (exact) mass is 370 g/mol. The molecule has 4 rings (SSSR count). The number of nitrogens with zero attached hydrogens (tertiary/aromatic N) is 1. The third-order valence-electron chi connectivity index (χ3n) is 5.28. The first-order valence-corrected chi connectivity index (χ1v) is 9.92. The van der Waals surface area contributed by atoms with Gasteiger partial charge in [-0.05, 0) is 61.4 Å². The number of nitrogens with one attached hydrogen (secondary N) is 1. The van der Waals surface area contributed by atoms with Crippen LogP contribution in [0.15, 0.2) is 41.8 Å². The minimum Gasteiger partial charge on any atom is -0.494 e. The first-order valence-electron chi connectivity index (χ1n) is 9.04. The zero-order chi connectivity index (χ0) is 18.1. The topological polar surface area (TPSA) is 58.6 Å². The number of ether oxygens (including phenoxy) is 1. The van der Waals surface area contributed by atoms with Crippen LogP contribution in [0.3, 0.4) is 0 Å². The Hall–Kier alpha value is -2.34. The minimum absolute atomic E-state index is 0.00180. The molecule has 5 nitrogen and oxygen atoms in total. The lowest BCUT2D eigenvalue weighted by Gasteiger charge is -2.32. The molecule has 6 heteroatoms. The predicted molar refractivity (Wildman–Crippen MR) is 101 cm³/mol. The van der Waals surface area contributed by atoms with Gasteiger partial charge in [0, 0.05) is 24.2 Å². The van der Waals surface area contributed by atoms with Crippen molar-refractivity contribution >= 4 is 23.2 Å². The molecule has 0 unspecified atom stereocenters. The van der Waals surface area contributed by atoms with E-state index >= 15 is 0 Å². The van der Waals surface area contributed by atoms with Crippen molar-refractivity contribution in [3.05, 3.63) is 52.2 Å². The van der Waals surface area contributed by atoms with Crippen molar-refractivity contribution in [1.82, 2.24) is 10.2 Å². The van der Waals surface area contributed by atoms with Crippen molar-refractivity contribution < 1.29 is 14.3 Å². The van der Waals surface area contributed by atoms with Crippen LogP contribution in [-0.4, -0.2) is 41.9 Å². The Morgan fingerprint density at radius 1 is 1.23 bits per heavy atom. The number of thiophene rings is 1. The second-order valence-electron chi connectivity index (χ2n) is 6.86. The summed E-state index contributed by atoms with van der Waals surface area (Å²) in [6.07, 6.45) is 1.81. The fourth-order valence-corrected chi connectivity index (χ4v) is 4.68. The number of benzene rings is 1. The first kappa shape index (κ1) is 17.1. The number of hydrogen-bond acceptors (Lipinski definition) is 4. The van der Waals surface area contributed by atoms with Gasteiger partial charge in [-0.2, -0.15) is 0 Å². The summed E-state index contributed by atoms with van der Waals surface area (Å²) >= 11 is 1.45. The third kappa shape index (κ3) is 3.21. The van der Waals surface area contributed by atoms with Crippen LogP contribution in [0.25, 0.3) is 0 Å². The van der Waals surface area contributed by atoms with Gasteiger partial charge in [-0.3, -0.25) is 9.59 Å². The lowest BCUT2D eigenvalue weighted by molar-refractivity contribution is 0.0680. The highest BCUT2D eigenvalue weighted by Crippen LogP contribution is 2.38. The van der Waals surface area contributed by atoms with Crippen molar-refractivity contribution in [3.63, 3.8) is 0 Å². The molecule has 3 atom stereocenters. The molecule has 1 saturated carbocycles. The highest BCUT2D eigenvalue weighted by atomic mass is 32.1. The summed E-state index contributed by atoms with van der Waals surface area (Å²) in [6, 6.07) is 11.5. The van der Waals surface area contributed by atoms with E-state index in [0.717, 1.165) is 23.5 Å². The van der Waals surface area contributed by atoms with E-state index in [1.54, 1.807) is 0 Å². The Labute approximate surface area is 157 Å². The Balaban J connectivity index is 1.37. The fourth-order valence-electron chi connectivity index (χ4n) is 4.05. The Morgan fingerprint density at radius 3 is 2.65 bits per heavy atom. The Bertz CT molecular complexity index is 788. The van der Waals surface area contributed by atoms with E-state index in [0.29, 0.717) is 24.6 Å². The normalized spacial score (nSPS) is 23.9. The molecule has 2 fully saturated rings. The van der Waals surface area contributed by atoms with Gasteiger partial charge in [-0.15, -0.1) is 11.3 Å². The largest absolute Gasteiger partial charge is 0.494 e. The molecule has 1 aromatic carbocycles. The smallest absolute Gasteiger partial charge is 0.261 e. The molecule has 2 aliphatic rings. The summed E-state index contributed by atoms with van der Waals surface area (Å²) in [4.78, 5) is 27.8. The number of amides is 2. The van der Waals surface area contributed by atoms with Gasteiger partial charge in [0.1, 0.15) is 5.75 Å². The van der Waals surface area contributed by atoms with Crippen molar-refractivity contribution in [3.8, 4) is 5.75 Å². The fraction of sp³-hybridized carbons (Fsp3) is 0.400. The van der Waals surface area contributed by atoms with Crippen LogP contribution in [0.1, 0.15) is 39.8 Å². The van der Waals surface area contributed by atoms with Gasteiger partial charge < -0.3 is 15.0 Å². The number of likely N-dealkylation sites (tertiary alicyclic amines) is 1. The molecule has 1 aliphatic carbocycles. The summed E-state index contributed by atoms with van der Waals surface area (Å²) in [6.45, 7) is 3.27. The number of rotatable bonds is 5. The molecule has 2 bridgehead atoms. The maximum absolute atomic E-state index is 12.8. The Kier molecular flexibility index (Phi) is 4.68. The SMILES string of the molecule is CCOc1ccc(C(=O)N2C[C@@H]3C[C@H]2C[C@@H]3NC(=O)c2cccs2)cc1. The highest BCUT2D eigenvalue weighted by Gasteiger charge is 2.47. The average molecular weight is 370 g/mol. The molecule has 136 valence electrons. The second kappa shape index (κ2) is 7.11. The van der Waals surface area contributed by atoms with E-state index in [-0.39, 0.29) is 23.9 Å². The standard InChI is InChI=1S/C20H22N2O3S/c1-2-25-16-7-5-13(6-8-16)20(24)22-12-14-10-15(22)11-17(14)21-19(23)18-4-3-9-26-18/h3-9,14-15,17H,2,10-12H2,1H3,(H,21,23)/t14-,15-,17-/m0/s1. The number of carbonyl (C=O) groups is 2. The van der Waals surface area contributed by atoms with E-state index in [9.17, 15) is 9.59 Å². The van der Waals surface area contributed by atoms with Crippen LogP contribution in [0.2, 0.25) is 0 Å². The van der Waals surface area contributed by atoms with Crippen LogP contribution >= 0.6 is 11.3 Å². The van der Waals surface area contributed by atoms with E-state index in [1.807, 2.05) is 53.6 Å². The van der Waals surface area contributed by atoms with Crippen LogP contribution < -0.4 is 10.1 Å². The van der Waals surface area contributed by atoms with Crippen molar-refractivity contribution in [2.24, 2.45) is 5.92 Å². The van der Waals surface area contributed by atoms with Gasteiger partial charge in [0.05, 0.1) is 11.5 Å². The van der Waals surface area contributed by atoms with E-state index in [2.05, 4.69) is 5.32 Å². The van der Waals surface area contributed by atoms with Gasteiger partial charge in [-0.25, -0.2) is 0 Å². The maximum atomic E-state index is 12.8. The average Bonchev–Trinajstić information content (AvgIpc) is 3.39. The first-order chi connectivity index (χ1) is 12.7. The van der Waals surface area contributed by atoms with Crippen LogP contribution in [0, 0.1) is 5.92 Å². The van der Waals surface area contributed by atoms with Crippen LogP contribution in [0.4, 0.5) is 0 Å². The lowest BCUT2D eigenvalue weighted by Crippen LogP contribution is -2.47. The summed E-state index contributed by atoms with van der Waals surface area (Å²) in [5, 5.41) is 5.06. The van der Waals surface area contributed by atoms with E-state index in [4.69, 9.17) is 4.74 Å². The zero-order valence-electron chi connectivity index (χ0n) is 14.7.